The quantitative estimate of drug-likeness (QED) is 0.882. The van der Waals surface area contributed by atoms with Crippen molar-refractivity contribution in [2.75, 3.05) is 4.72 Å². The van der Waals surface area contributed by atoms with E-state index in [0.29, 0.717) is 5.02 Å². The van der Waals surface area contributed by atoms with Crippen LogP contribution in [0.1, 0.15) is 5.56 Å². The van der Waals surface area contributed by atoms with Gasteiger partial charge in [-0.2, -0.15) is 0 Å². The van der Waals surface area contributed by atoms with Gasteiger partial charge in [0.1, 0.15) is 0 Å². The van der Waals surface area contributed by atoms with Crippen LogP contribution in [0.5, 0.6) is 0 Å². The highest BCUT2D eigenvalue weighted by Gasteiger charge is 2.16. The topological polar surface area (TPSA) is 59.1 Å². The minimum Gasteiger partial charge on any atom is -0.276 e. The second kappa shape index (κ2) is 5.36. The Morgan fingerprint density at radius 3 is 2.42 bits per heavy atom. The first kappa shape index (κ1) is 14.1. The molecule has 0 saturated heterocycles. The highest BCUT2D eigenvalue weighted by molar-refractivity contribution is 7.92. The fourth-order valence-electron chi connectivity index (χ4n) is 1.44. The number of aryl methyl sites for hydroxylation is 1. The maximum absolute atomic E-state index is 12.1. The first-order valence-corrected chi connectivity index (χ1v) is 7.53. The summed E-state index contributed by atoms with van der Waals surface area (Å²) in [6.45, 7) is 1.80. The van der Waals surface area contributed by atoms with Crippen LogP contribution >= 0.6 is 23.2 Å². The van der Waals surface area contributed by atoms with E-state index in [9.17, 15) is 8.42 Å². The van der Waals surface area contributed by atoms with E-state index < -0.39 is 10.0 Å². The van der Waals surface area contributed by atoms with Crippen molar-refractivity contribution in [2.45, 2.75) is 11.8 Å². The van der Waals surface area contributed by atoms with Crippen LogP contribution in [-0.4, -0.2) is 13.4 Å². The van der Waals surface area contributed by atoms with Gasteiger partial charge in [0.05, 0.1) is 10.6 Å². The Balaban J connectivity index is 2.36. The number of aromatic nitrogens is 1. The third-order valence-corrected chi connectivity index (χ3v) is 4.28. The summed E-state index contributed by atoms with van der Waals surface area (Å²) in [5, 5.41) is 0.567. The lowest BCUT2D eigenvalue weighted by Gasteiger charge is -2.09. The van der Waals surface area contributed by atoms with Gasteiger partial charge in [-0.05, 0) is 42.8 Å². The molecule has 19 heavy (non-hydrogen) atoms. The van der Waals surface area contributed by atoms with Crippen LogP contribution < -0.4 is 4.72 Å². The van der Waals surface area contributed by atoms with Crippen molar-refractivity contribution in [3.8, 4) is 0 Å². The molecule has 1 aromatic carbocycles. The Morgan fingerprint density at radius 2 is 1.79 bits per heavy atom. The summed E-state index contributed by atoms with van der Waals surface area (Å²) in [6, 6.07) is 7.46. The predicted molar refractivity (Wildman–Crippen MR) is 76.2 cm³/mol. The zero-order chi connectivity index (χ0) is 14.0. The Hall–Kier alpha value is -1.30. The summed E-state index contributed by atoms with van der Waals surface area (Å²) in [6.07, 6.45) is 1.56. The van der Waals surface area contributed by atoms with Crippen LogP contribution in [0.4, 0.5) is 5.69 Å². The van der Waals surface area contributed by atoms with E-state index in [2.05, 4.69) is 9.71 Å². The molecule has 7 heteroatoms. The molecule has 1 heterocycles. The SMILES string of the molecule is Cc1cnc(Cl)c(NS(=O)(=O)c2ccc(Cl)cc2)c1. The van der Waals surface area contributed by atoms with Crippen LogP contribution in [0.15, 0.2) is 41.4 Å². The van der Waals surface area contributed by atoms with E-state index >= 15 is 0 Å². The molecule has 2 aromatic rings. The van der Waals surface area contributed by atoms with Crippen molar-refractivity contribution in [3.05, 3.63) is 52.3 Å². The number of hydrogen-bond acceptors (Lipinski definition) is 3. The molecule has 4 nitrogen and oxygen atoms in total. The van der Waals surface area contributed by atoms with Crippen molar-refractivity contribution >= 4 is 38.9 Å². The lowest BCUT2D eigenvalue weighted by atomic mass is 10.3. The minimum absolute atomic E-state index is 0.100. The standard InChI is InChI=1S/C12H10Cl2N2O2S/c1-8-6-11(12(14)15-7-8)16-19(17,18)10-4-2-9(13)3-5-10/h2-7,16H,1H3. The summed E-state index contributed by atoms with van der Waals surface area (Å²) < 4.78 is 26.7. The molecule has 0 atom stereocenters. The maximum Gasteiger partial charge on any atom is 0.261 e. The zero-order valence-electron chi connectivity index (χ0n) is 9.89. The molecule has 0 fully saturated rings. The van der Waals surface area contributed by atoms with E-state index in [-0.39, 0.29) is 15.7 Å². The molecule has 0 aliphatic heterocycles. The molecule has 0 amide bonds. The van der Waals surface area contributed by atoms with Crippen LogP contribution in [-0.2, 0) is 10.0 Å². The molecule has 1 aromatic heterocycles. The van der Waals surface area contributed by atoms with Crippen molar-refractivity contribution < 1.29 is 8.42 Å². The highest BCUT2D eigenvalue weighted by atomic mass is 35.5. The molecular weight excluding hydrogens is 307 g/mol. The van der Waals surface area contributed by atoms with Gasteiger partial charge in [-0.25, -0.2) is 13.4 Å². The van der Waals surface area contributed by atoms with Crippen LogP contribution in [0.3, 0.4) is 0 Å². The molecule has 0 radical (unpaired) electrons. The second-order valence-electron chi connectivity index (χ2n) is 3.91. The zero-order valence-corrected chi connectivity index (χ0v) is 12.2. The number of halogens is 2. The number of hydrogen-bond donors (Lipinski definition) is 1. The van der Waals surface area contributed by atoms with Gasteiger partial charge in [0.2, 0.25) is 0 Å². The second-order valence-corrected chi connectivity index (χ2v) is 6.39. The van der Waals surface area contributed by atoms with Gasteiger partial charge in [-0.15, -0.1) is 0 Å². The van der Waals surface area contributed by atoms with E-state index in [0.717, 1.165) is 5.56 Å². The van der Waals surface area contributed by atoms with Gasteiger partial charge in [0.15, 0.2) is 5.15 Å². The molecule has 100 valence electrons. The number of nitrogens with zero attached hydrogens (tertiary/aromatic N) is 1. The number of anilines is 1. The summed E-state index contributed by atoms with van der Waals surface area (Å²) in [5.74, 6) is 0. The molecule has 2 rings (SSSR count). The number of nitrogens with one attached hydrogen (secondary N) is 1. The van der Waals surface area contributed by atoms with Gasteiger partial charge >= 0.3 is 0 Å². The number of benzene rings is 1. The van der Waals surface area contributed by atoms with E-state index in [4.69, 9.17) is 23.2 Å². The minimum atomic E-state index is -3.70. The van der Waals surface area contributed by atoms with Crippen molar-refractivity contribution in [1.29, 1.82) is 0 Å². The predicted octanol–water partition coefficient (Wildman–Crippen LogP) is 3.50. The molecule has 0 aliphatic rings. The summed E-state index contributed by atoms with van der Waals surface area (Å²) in [4.78, 5) is 3.99. The largest absolute Gasteiger partial charge is 0.276 e. The normalized spacial score (nSPS) is 11.3. The van der Waals surface area contributed by atoms with Gasteiger partial charge in [0.25, 0.3) is 10.0 Å². The number of rotatable bonds is 3. The maximum atomic E-state index is 12.1. The first-order valence-electron chi connectivity index (χ1n) is 5.29. The monoisotopic (exact) mass is 316 g/mol. The van der Waals surface area contributed by atoms with E-state index in [1.54, 1.807) is 19.2 Å². The number of pyridine rings is 1. The fourth-order valence-corrected chi connectivity index (χ4v) is 2.83. The lowest BCUT2D eigenvalue weighted by Crippen LogP contribution is -2.13. The van der Waals surface area contributed by atoms with E-state index in [1.165, 1.54) is 24.3 Å². The summed E-state index contributed by atoms with van der Waals surface area (Å²) in [7, 11) is -3.70. The third-order valence-electron chi connectivity index (χ3n) is 2.34. The molecule has 1 N–H and O–H groups in total. The highest BCUT2D eigenvalue weighted by Crippen LogP contribution is 2.24. The summed E-state index contributed by atoms with van der Waals surface area (Å²) >= 11 is 11.6. The average Bonchev–Trinajstić information content (AvgIpc) is 2.34. The van der Waals surface area contributed by atoms with Crippen LogP contribution in [0, 0.1) is 6.92 Å². The third kappa shape index (κ3) is 3.37. The molecule has 0 aliphatic carbocycles. The Labute approximate surface area is 121 Å². The fraction of sp³-hybridized carbons (Fsp3) is 0.0833. The van der Waals surface area contributed by atoms with Gasteiger partial charge < -0.3 is 0 Å². The molecule has 0 spiro atoms. The Kier molecular flexibility index (Phi) is 3.99. The molecule has 0 saturated carbocycles. The van der Waals surface area contributed by atoms with E-state index in [1.807, 2.05) is 0 Å². The van der Waals surface area contributed by atoms with Crippen molar-refractivity contribution in [1.82, 2.24) is 4.98 Å². The Morgan fingerprint density at radius 1 is 1.16 bits per heavy atom. The van der Waals surface area contributed by atoms with Crippen LogP contribution in [0.25, 0.3) is 0 Å². The average molecular weight is 317 g/mol. The molecular formula is C12H10Cl2N2O2S. The number of sulfonamides is 1. The lowest BCUT2D eigenvalue weighted by molar-refractivity contribution is 0.601. The molecule has 0 bridgehead atoms. The molecule has 0 unspecified atom stereocenters. The first-order chi connectivity index (χ1) is 8.88. The Bertz CT molecular complexity index is 700. The van der Waals surface area contributed by atoms with Crippen molar-refractivity contribution in [3.63, 3.8) is 0 Å². The van der Waals surface area contributed by atoms with Gasteiger partial charge in [-0.3, -0.25) is 4.72 Å². The van der Waals surface area contributed by atoms with Crippen LogP contribution in [0.2, 0.25) is 10.2 Å². The van der Waals surface area contributed by atoms with Gasteiger partial charge in [0, 0.05) is 11.2 Å². The van der Waals surface area contributed by atoms with Crippen molar-refractivity contribution in [2.24, 2.45) is 0 Å². The summed E-state index contributed by atoms with van der Waals surface area (Å²) in [5.41, 5.74) is 1.05. The van der Waals surface area contributed by atoms with Gasteiger partial charge in [-0.1, -0.05) is 23.2 Å². The smallest absolute Gasteiger partial charge is 0.261 e.